The van der Waals surface area contributed by atoms with Gasteiger partial charge < -0.3 is 9.84 Å². The lowest BCUT2D eigenvalue weighted by molar-refractivity contribution is -0.130. The second-order valence-corrected chi connectivity index (χ2v) is 6.40. The van der Waals surface area contributed by atoms with E-state index >= 15 is 0 Å². The van der Waals surface area contributed by atoms with Crippen LogP contribution < -0.4 is 5.32 Å². The number of allylic oxidation sites excluding steroid dienone is 2. The van der Waals surface area contributed by atoms with Gasteiger partial charge in [0.15, 0.2) is 0 Å². The van der Waals surface area contributed by atoms with Gasteiger partial charge in [0.2, 0.25) is 17.6 Å². The number of benzene rings is 1. The fourth-order valence-corrected chi connectivity index (χ4v) is 2.71. The van der Waals surface area contributed by atoms with Crippen LogP contribution in [0.3, 0.4) is 0 Å². The first-order valence-electron chi connectivity index (χ1n) is 7.91. The van der Waals surface area contributed by atoms with Crippen LogP contribution in [0.4, 0.5) is 0 Å². The summed E-state index contributed by atoms with van der Waals surface area (Å²) in [6, 6.07) is 9.64. The summed E-state index contributed by atoms with van der Waals surface area (Å²) >= 11 is 0. The van der Waals surface area contributed by atoms with Gasteiger partial charge >= 0.3 is 0 Å². The first kappa shape index (κ1) is 15.5. The van der Waals surface area contributed by atoms with Gasteiger partial charge in [0.25, 0.3) is 0 Å². The van der Waals surface area contributed by atoms with Crippen LogP contribution in [0.15, 0.2) is 47.0 Å². The number of amides is 1. The third-order valence-corrected chi connectivity index (χ3v) is 4.21. The topological polar surface area (TPSA) is 68.0 Å². The molecule has 0 bridgehead atoms. The summed E-state index contributed by atoms with van der Waals surface area (Å²) in [5, 5.41) is 7.05. The standard InChI is InChI=1S/C18H21N3O2/c1-13(19-17(22)18(2)10-6-7-11-18)12-15-20-16(21-23-15)14-8-4-3-5-9-14/h3-9,13H,10-12H2,1-2H3,(H,19,22). The predicted octanol–water partition coefficient (Wildman–Crippen LogP) is 3.14. The van der Waals surface area contributed by atoms with Gasteiger partial charge in [-0.15, -0.1) is 0 Å². The van der Waals surface area contributed by atoms with E-state index in [-0.39, 0.29) is 17.4 Å². The van der Waals surface area contributed by atoms with Gasteiger partial charge in [-0.2, -0.15) is 4.98 Å². The molecule has 2 aromatic rings. The molecular weight excluding hydrogens is 290 g/mol. The summed E-state index contributed by atoms with van der Waals surface area (Å²) in [6.45, 7) is 3.95. The SMILES string of the molecule is CC(Cc1nc(-c2ccccc2)no1)NC(=O)C1(C)CC=CC1. The Hall–Kier alpha value is -2.43. The van der Waals surface area contributed by atoms with Crippen LogP contribution in [0.5, 0.6) is 0 Å². The molecule has 1 aliphatic carbocycles. The van der Waals surface area contributed by atoms with Crippen molar-refractivity contribution < 1.29 is 9.32 Å². The second-order valence-electron chi connectivity index (χ2n) is 6.40. The van der Waals surface area contributed by atoms with Crippen molar-refractivity contribution in [2.24, 2.45) is 5.41 Å². The van der Waals surface area contributed by atoms with E-state index in [1.165, 1.54) is 0 Å². The minimum Gasteiger partial charge on any atom is -0.353 e. The fraction of sp³-hybridized carbons (Fsp3) is 0.389. The van der Waals surface area contributed by atoms with E-state index in [2.05, 4.69) is 27.6 Å². The largest absolute Gasteiger partial charge is 0.353 e. The third kappa shape index (κ3) is 3.50. The van der Waals surface area contributed by atoms with Gasteiger partial charge in [-0.3, -0.25) is 4.79 Å². The van der Waals surface area contributed by atoms with Crippen molar-refractivity contribution in [2.75, 3.05) is 0 Å². The molecular formula is C18H21N3O2. The zero-order chi connectivity index (χ0) is 16.3. The summed E-state index contributed by atoms with van der Waals surface area (Å²) in [4.78, 5) is 16.8. The Labute approximate surface area is 135 Å². The van der Waals surface area contributed by atoms with Crippen molar-refractivity contribution in [3.63, 3.8) is 0 Å². The molecule has 5 nitrogen and oxygen atoms in total. The highest BCUT2D eigenvalue weighted by Crippen LogP contribution is 2.32. The maximum Gasteiger partial charge on any atom is 0.229 e. The van der Waals surface area contributed by atoms with Gasteiger partial charge in [0, 0.05) is 18.0 Å². The summed E-state index contributed by atoms with van der Waals surface area (Å²) in [7, 11) is 0. The zero-order valence-electron chi connectivity index (χ0n) is 13.5. The van der Waals surface area contributed by atoms with Gasteiger partial charge in [0.1, 0.15) is 0 Å². The minimum absolute atomic E-state index is 0.0519. The Bertz CT molecular complexity index is 698. The van der Waals surface area contributed by atoms with Crippen molar-refractivity contribution in [1.82, 2.24) is 15.5 Å². The lowest BCUT2D eigenvalue weighted by atomic mass is 9.86. The van der Waals surface area contributed by atoms with Crippen LogP contribution in [0.25, 0.3) is 11.4 Å². The van der Waals surface area contributed by atoms with Gasteiger partial charge in [-0.1, -0.05) is 54.6 Å². The monoisotopic (exact) mass is 311 g/mol. The van der Waals surface area contributed by atoms with Crippen LogP contribution in [-0.4, -0.2) is 22.1 Å². The number of carbonyl (C=O) groups excluding carboxylic acids is 1. The molecule has 0 fully saturated rings. The van der Waals surface area contributed by atoms with E-state index < -0.39 is 0 Å². The van der Waals surface area contributed by atoms with E-state index in [9.17, 15) is 4.79 Å². The molecule has 1 aromatic carbocycles. The van der Waals surface area contributed by atoms with Crippen molar-refractivity contribution in [3.8, 4) is 11.4 Å². The molecule has 0 saturated carbocycles. The van der Waals surface area contributed by atoms with Crippen molar-refractivity contribution in [3.05, 3.63) is 48.4 Å². The summed E-state index contributed by atoms with van der Waals surface area (Å²) in [5.74, 6) is 1.19. The number of carbonyl (C=O) groups is 1. The second kappa shape index (κ2) is 6.36. The molecule has 0 aliphatic heterocycles. The van der Waals surface area contributed by atoms with E-state index in [1.807, 2.05) is 44.2 Å². The number of aromatic nitrogens is 2. The molecule has 23 heavy (non-hydrogen) atoms. The van der Waals surface area contributed by atoms with Gasteiger partial charge in [-0.25, -0.2) is 0 Å². The van der Waals surface area contributed by atoms with Crippen LogP contribution in [0, 0.1) is 5.41 Å². The molecule has 1 N–H and O–H groups in total. The van der Waals surface area contributed by atoms with Crippen molar-refractivity contribution in [1.29, 1.82) is 0 Å². The average molecular weight is 311 g/mol. The van der Waals surface area contributed by atoms with Gasteiger partial charge in [0.05, 0.1) is 5.41 Å². The van der Waals surface area contributed by atoms with Crippen LogP contribution in [-0.2, 0) is 11.2 Å². The maximum absolute atomic E-state index is 12.4. The van der Waals surface area contributed by atoms with Crippen molar-refractivity contribution in [2.45, 2.75) is 39.2 Å². The molecule has 0 radical (unpaired) electrons. The molecule has 1 heterocycles. The van der Waals surface area contributed by atoms with Gasteiger partial charge in [-0.05, 0) is 19.8 Å². The number of rotatable bonds is 5. The number of nitrogens with zero attached hydrogens (tertiary/aromatic N) is 2. The van der Waals surface area contributed by atoms with E-state index in [1.54, 1.807) is 0 Å². The van der Waals surface area contributed by atoms with Crippen LogP contribution >= 0.6 is 0 Å². The Morgan fingerprint density at radius 1 is 1.30 bits per heavy atom. The molecule has 0 saturated heterocycles. The smallest absolute Gasteiger partial charge is 0.229 e. The molecule has 1 atom stereocenters. The van der Waals surface area contributed by atoms with Crippen molar-refractivity contribution >= 4 is 5.91 Å². The molecule has 0 spiro atoms. The highest BCUT2D eigenvalue weighted by molar-refractivity contribution is 5.83. The van der Waals surface area contributed by atoms with Crippen LogP contribution in [0.1, 0.15) is 32.6 Å². The summed E-state index contributed by atoms with van der Waals surface area (Å²) in [5.41, 5.74) is 0.599. The fourth-order valence-electron chi connectivity index (χ4n) is 2.71. The van der Waals surface area contributed by atoms with Crippen LogP contribution in [0.2, 0.25) is 0 Å². The summed E-state index contributed by atoms with van der Waals surface area (Å²) in [6.07, 6.45) is 6.24. The third-order valence-electron chi connectivity index (χ3n) is 4.21. The zero-order valence-corrected chi connectivity index (χ0v) is 13.5. The average Bonchev–Trinajstić information content (AvgIpc) is 3.18. The molecule has 3 rings (SSSR count). The lowest BCUT2D eigenvalue weighted by Gasteiger charge is -2.24. The number of hydrogen-bond donors (Lipinski definition) is 1. The molecule has 1 amide bonds. The lowest BCUT2D eigenvalue weighted by Crippen LogP contribution is -2.42. The quantitative estimate of drug-likeness (QED) is 0.861. The van der Waals surface area contributed by atoms with E-state index in [0.29, 0.717) is 18.1 Å². The number of nitrogens with one attached hydrogen (secondary N) is 1. The normalized spacial score (nSPS) is 17.1. The number of hydrogen-bond acceptors (Lipinski definition) is 4. The highest BCUT2D eigenvalue weighted by Gasteiger charge is 2.34. The Kier molecular flexibility index (Phi) is 4.28. The minimum atomic E-state index is -0.321. The molecule has 5 heteroatoms. The molecule has 120 valence electrons. The highest BCUT2D eigenvalue weighted by atomic mass is 16.5. The first-order chi connectivity index (χ1) is 11.1. The Morgan fingerprint density at radius 2 is 2.00 bits per heavy atom. The molecule has 1 aliphatic rings. The van der Waals surface area contributed by atoms with E-state index in [4.69, 9.17) is 4.52 Å². The molecule has 1 aromatic heterocycles. The predicted molar refractivity (Wildman–Crippen MR) is 87.5 cm³/mol. The molecule has 1 unspecified atom stereocenters. The first-order valence-corrected chi connectivity index (χ1v) is 7.91. The Morgan fingerprint density at radius 3 is 2.70 bits per heavy atom. The Balaban J connectivity index is 1.59. The maximum atomic E-state index is 12.4. The summed E-state index contributed by atoms with van der Waals surface area (Å²) < 4.78 is 5.30. The van der Waals surface area contributed by atoms with E-state index in [0.717, 1.165) is 18.4 Å².